The van der Waals surface area contributed by atoms with Crippen LogP contribution in [-0.2, 0) is 21.3 Å². The number of hydrogen-bond acceptors (Lipinski definition) is 5. The van der Waals surface area contributed by atoms with Gasteiger partial charge in [0.15, 0.2) is 0 Å². The van der Waals surface area contributed by atoms with Gasteiger partial charge in [-0.3, -0.25) is 0 Å². The van der Waals surface area contributed by atoms with Gasteiger partial charge < -0.3 is 15.2 Å². The van der Waals surface area contributed by atoms with Gasteiger partial charge in [-0.2, -0.15) is 4.31 Å². The van der Waals surface area contributed by atoms with Gasteiger partial charge in [0.05, 0.1) is 18.6 Å². The summed E-state index contributed by atoms with van der Waals surface area (Å²) in [6.07, 6.45) is 1.81. The second kappa shape index (κ2) is 6.74. The van der Waals surface area contributed by atoms with E-state index in [1.165, 1.54) is 11.4 Å². The van der Waals surface area contributed by atoms with E-state index in [0.29, 0.717) is 24.5 Å². The van der Waals surface area contributed by atoms with Gasteiger partial charge in [-0.1, -0.05) is 0 Å². The molecule has 0 unspecified atom stereocenters. The monoisotopic (exact) mass is 314 g/mol. The highest BCUT2D eigenvalue weighted by Gasteiger charge is 2.37. The Morgan fingerprint density at radius 3 is 2.57 bits per heavy atom. The lowest BCUT2D eigenvalue weighted by molar-refractivity contribution is 0.177. The molecule has 2 N–H and O–H groups in total. The van der Waals surface area contributed by atoms with Gasteiger partial charge in [0.25, 0.3) is 0 Å². The summed E-state index contributed by atoms with van der Waals surface area (Å²) in [5.74, 6) is 0.603. The highest BCUT2D eigenvalue weighted by Crippen LogP contribution is 2.33. The number of ether oxygens (including phenoxy) is 2. The average molecular weight is 314 g/mol. The molecule has 1 saturated carbocycles. The fourth-order valence-corrected chi connectivity index (χ4v) is 3.97. The van der Waals surface area contributed by atoms with Crippen LogP contribution in [-0.4, -0.2) is 46.1 Å². The van der Waals surface area contributed by atoms with Gasteiger partial charge in [0, 0.05) is 31.8 Å². The van der Waals surface area contributed by atoms with E-state index in [4.69, 9.17) is 15.2 Å². The molecule has 0 heterocycles. The molecule has 6 nitrogen and oxygen atoms in total. The van der Waals surface area contributed by atoms with Crippen LogP contribution in [0.3, 0.4) is 0 Å². The van der Waals surface area contributed by atoms with Gasteiger partial charge in [-0.05, 0) is 31.0 Å². The van der Waals surface area contributed by atoms with E-state index in [1.54, 1.807) is 25.3 Å². The number of rotatable bonds is 8. The molecule has 1 fully saturated rings. The van der Waals surface area contributed by atoms with Gasteiger partial charge in [0.1, 0.15) is 5.75 Å². The molecule has 2 rings (SSSR count). The first-order valence-corrected chi connectivity index (χ1v) is 8.36. The van der Waals surface area contributed by atoms with Crippen molar-refractivity contribution >= 4 is 10.0 Å². The van der Waals surface area contributed by atoms with Gasteiger partial charge in [0.2, 0.25) is 10.0 Å². The van der Waals surface area contributed by atoms with Crippen LogP contribution in [0, 0.1) is 0 Å². The van der Waals surface area contributed by atoms with Crippen molar-refractivity contribution in [3.8, 4) is 5.75 Å². The Balaban J connectivity index is 2.32. The van der Waals surface area contributed by atoms with E-state index in [-0.39, 0.29) is 17.5 Å². The largest absolute Gasteiger partial charge is 0.496 e. The quantitative estimate of drug-likeness (QED) is 0.772. The Morgan fingerprint density at radius 2 is 2.05 bits per heavy atom. The normalized spacial score (nSPS) is 15.4. The lowest BCUT2D eigenvalue weighted by Crippen LogP contribution is -2.35. The summed E-state index contributed by atoms with van der Waals surface area (Å²) in [5.41, 5.74) is 6.34. The van der Waals surface area contributed by atoms with E-state index in [2.05, 4.69) is 0 Å². The summed E-state index contributed by atoms with van der Waals surface area (Å²) in [6, 6.07) is 4.90. The Bertz CT molecular complexity index is 585. The Hall–Kier alpha value is -1.15. The van der Waals surface area contributed by atoms with E-state index >= 15 is 0 Å². The SMILES string of the molecule is COCCN(C1CC1)S(=O)(=O)c1ccc(OC)c(CN)c1. The van der Waals surface area contributed by atoms with E-state index in [1.807, 2.05) is 0 Å². The Labute approximate surface area is 125 Å². The second-order valence-corrected chi connectivity index (χ2v) is 6.91. The molecule has 0 amide bonds. The minimum absolute atomic E-state index is 0.0913. The van der Waals surface area contributed by atoms with Crippen LogP contribution in [0.5, 0.6) is 5.75 Å². The average Bonchev–Trinajstić information content (AvgIpc) is 3.31. The molecule has 0 atom stereocenters. The lowest BCUT2D eigenvalue weighted by Gasteiger charge is -2.22. The van der Waals surface area contributed by atoms with Crippen LogP contribution < -0.4 is 10.5 Å². The number of nitrogens with two attached hydrogens (primary N) is 1. The number of hydrogen-bond donors (Lipinski definition) is 1. The molecule has 1 aromatic rings. The molecule has 0 radical (unpaired) electrons. The zero-order chi connectivity index (χ0) is 15.5. The number of nitrogens with zero attached hydrogens (tertiary/aromatic N) is 1. The molecule has 0 spiro atoms. The Morgan fingerprint density at radius 1 is 1.33 bits per heavy atom. The highest BCUT2D eigenvalue weighted by atomic mass is 32.2. The van der Waals surface area contributed by atoms with Gasteiger partial charge >= 0.3 is 0 Å². The van der Waals surface area contributed by atoms with Crippen molar-refractivity contribution in [2.75, 3.05) is 27.4 Å². The third kappa shape index (κ3) is 3.55. The zero-order valence-electron chi connectivity index (χ0n) is 12.4. The second-order valence-electron chi connectivity index (χ2n) is 5.02. The molecule has 0 saturated heterocycles. The molecular formula is C14H22N2O4S. The van der Waals surface area contributed by atoms with Crippen LogP contribution >= 0.6 is 0 Å². The molecule has 0 aliphatic heterocycles. The predicted molar refractivity (Wildman–Crippen MR) is 79.7 cm³/mol. The minimum atomic E-state index is -3.53. The van der Waals surface area contributed by atoms with Crippen LogP contribution in [0.25, 0.3) is 0 Å². The number of methoxy groups -OCH3 is 2. The van der Waals surface area contributed by atoms with Crippen molar-refractivity contribution in [3.63, 3.8) is 0 Å². The van der Waals surface area contributed by atoms with Crippen LogP contribution in [0.15, 0.2) is 23.1 Å². The molecule has 118 valence electrons. The molecule has 21 heavy (non-hydrogen) atoms. The lowest BCUT2D eigenvalue weighted by atomic mass is 10.2. The van der Waals surface area contributed by atoms with Crippen LogP contribution in [0.1, 0.15) is 18.4 Å². The predicted octanol–water partition coefficient (Wildman–Crippen LogP) is 0.953. The maximum atomic E-state index is 12.8. The number of benzene rings is 1. The third-order valence-corrected chi connectivity index (χ3v) is 5.50. The molecule has 1 aliphatic rings. The van der Waals surface area contributed by atoms with Gasteiger partial charge in [-0.25, -0.2) is 8.42 Å². The minimum Gasteiger partial charge on any atom is -0.496 e. The third-order valence-electron chi connectivity index (χ3n) is 3.55. The topological polar surface area (TPSA) is 81.9 Å². The van der Waals surface area contributed by atoms with E-state index in [0.717, 1.165) is 12.8 Å². The van der Waals surface area contributed by atoms with Crippen molar-refractivity contribution in [3.05, 3.63) is 23.8 Å². The summed E-state index contributed by atoms with van der Waals surface area (Å²) in [7, 11) is -0.419. The first kappa shape index (κ1) is 16.2. The maximum absolute atomic E-state index is 12.8. The van der Waals surface area contributed by atoms with E-state index in [9.17, 15) is 8.42 Å². The molecule has 1 aromatic carbocycles. The van der Waals surface area contributed by atoms with Crippen molar-refractivity contribution in [2.45, 2.75) is 30.3 Å². The summed E-state index contributed by atoms with van der Waals surface area (Å²) in [5, 5.41) is 0. The van der Waals surface area contributed by atoms with Crippen LogP contribution in [0.4, 0.5) is 0 Å². The summed E-state index contributed by atoms with van der Waals surface area (Å²) in [6.45, 7) is 0.983. The van der Waals surface area contributed by atoms with Crippen molar-refractivity contribution in [1.82, 2.24) is 4.31 Å². The standard InChI is InChI=1S/C14H22N2O4S/c1-19-8-7-16(12-3-4-12)21(17,18)13-5-6-14(20-2)11(9-13)10-15/h5-6,9,12H,3-4,7-8,10,15H2,1-2H3. The summed E-state index contributed by atoms with van der Waals surface area (Å²) < 4.78 is 37.3. The fourth-order valence-electron chi connectivity index (χ4n) is 2.25. The highest BCUT2D eigenvalue weighted by molar-refractivity contribution is 7.89. The zero-order valence-corrected chi connectivity index (χ0v) is 13.2. The summed E-state index contributed by atoms with van der Waals surface area (Å²) >= 11 is 0. The smallest absolute Gasteiger partial charge is 0.243 e. The first-order valence-electron chi connectivity index (χ1n) is 6.92. The number of sulfonamides is 1. The maximum Gasteiger partial charge on any atom is 0.243 e. The molecule has 0 aromatic heterocycles. The van der Waals surface area contributed by atoms with Crippen molar-refractivity contribution in [1.29, 1.82) is 0 Å². The van der Waals surface area contributed by atoms with Crippen LogP contribution in [0.2, 0.25) is 0 Å². The van der Waals surface area contributed by atoms with E-state index < -0.39 is 10.0 Å². The summed E-state index contributed by atoms with van der Waals surface area (Å²) in [4.78, 5) is 0.256. The molecule has 1 aliphatic carbocycles. The Kier molecular flexibility index (Phi) is 5.21. The fraction of sp³-hybridized carbons (Fsp3) is 0.571. The molecule has 7 heteroatoms. The van der Waals surface area contributed by atoms with Crippen molar-refractivity contribution in [2.24, 2.45) is 5.73 Å². The molecule has 0 bridgehead atoms. The van der Waals surface area contributed by atoms with Crippen molar-refractivity contribution < 1.29 is 17.9 Å². The molecular weight excluding hydrogens is 292 g/mol. The first-order chi connectivity index (χ1) is 10.0. The van der Waals surface area contributed by atoms with Gasteiger partial charge in [-0.15, -0.1) is 0 Å².